The quantitative estimate of drug-likeness (QED) is 0.0778. The van der Waals surface area contributed by atoms with Crippen LogP contribution < -0.4 is 40.2 Å². The average molecular weight is 802 g/mol. The van der Waals surface area contributed by atoms with E-state index >= 15 is 0 Å². The zero-order valence-corrected chi connectivity index (χ0v) is 30.5. The third kappa shape index (κ3) is 8.67. The Kier molecular flexibility index (Phi) is 13.1. The van der Waals surface area contributed by atoms with Gasteiger partial charge in [-0.3, -0.25) is 0 Å². The van der Waals surface area contributed by atoms with Gasteiger partial charge in [-0.1, -0.05) is 0 Å². The fourth-order valence-electron chi connectivity index (χ4n) is 4.92. The van der Waals surface area contributed by atoms with Crippen molar-refractivity contribution in [2.24, 2.45) is 0 Å². The Hall–Kier alpha value is -2.70. The molecule has 0 heterocycles. The van der Waals surface area contributed by atoms with E-state index in [1.54, 1.807) is 38.5 Å². The number of methoxy groups -OCH3 is 4. The molecule has 4 aromatic carbocycles. The predicted molar refractivity (Wildman–Crippen MR) is 180 cm³/mol. The average Bonchev–Trinajstić information content (AvgIpc) is 3.07. The summed E-state index contributed by atoms with van der Waals surface area (Å²) in [4.78, 5) is 0. The molecule has 4 rings (SSSR count). The molecule has 257 valence electrons. The number of alkyl halides is 3. The number of hydrogen-bond acceptors (Lipinski definition) is 7. The van der Waals surface area contributed by atoms with Gasteiger partial charge < -0.3 is 0 Å². The fraction of sp³-hybridized carbons (Fsp3) is 0.273. The summed E-state index contributed by atoms with van der Waals surface area (Å²) in [5, 5.41) is 4.80. The predicted octanol–water partition coefficient (Wildman–Crippen LogP) is 6.45. The second kappa shape index (κ2) is 16.6. The van der Waals surface area contributed by atoms with Crippen molar-refractivity contribution in [1.29, 1.82) is 0 Å². The summed E-state index contributed by atoms with van der Waals surface area (Å²) in [5.74, 6) is 2.39. The van der Waals surface area contributed by atoms with E-state index in [9.17, 15) is 21.6 Å². The van der Waals surface area contributed by atoms with Crippen LogP contribution in [0, 0.1) is 0 Å². The second-order valence-electron chi connectivity index (χ2n) is 9.73. The van der Waals surface area contributed by atoms with E-state index in [1.807, 2.05) is 72.8 Å². The van der Waals surface area contributed by atoms with Gasteiger partial charge in [0.1, 0.15) is 0 Å². The molecule has 0 fully saturated rings. The van der Waals surface area contributed by atoms with E-state index in [0.717, 1.165) is 21.2 Å². The first-order valence-corrected chi connectivity index (χ1v) is 21.5. The van der Waals surface area contributed by atoms with Crippen molar-refractivity contribution in [3.63, 3.8) is 0 Å². The first-order chi connectivity index (χ1) is 22.5. The molecule has 0 amide bonds. The fourth-order valence-corrected chi connectivity index (χ4v) is 18.1. The zero-order chi connectivity index (χ0) is 34.2. The Morgan fingerprint density at radius 2 is 0.979 bits per heavy atom. The Morgan fingerprint density at radius 1 is 0.638 bits per heavy atom. The van der Waals surface area contributed by atoms with Gasteiger partial charge in [0.15, 0.2) is 0 Å². The van der Waals surface area contributed by atoms with Crippen molar-refractivity contribution in [3.8, 4) is 23.0 Å². The van der Waals surface area contributed by atoms with Crippen LogP contribution in [0.5, 0.6) is 23.0 Å². The maximum absolute atomic E-state index is 13.7. The van der Waals surface area contributed by atoms with Crippen molar-refractivity contribution < 1.29 is 60.6 Å². The number of benzene rings is 4. The number of hydrogen-bond donors (Lipinski definition) is 0. The molecule has 0 saturated carbocycles. The Morgan fingerprint density at radius 3 is 1.34 bits per heavy atom. The molecule has 1 unspecified atom stereocenters. The topological polar surface area (TPSA) is 80.3 Å². The van der Waals surface area contributed by atoms with Crippen molar-refractivity contribution in [3.05, 3.63) is 97.1 Å². The zero-order valence-electron chi connectivity index (χ0n) is 26.3. The number of rotatable bonds is 15. The van der Waals surface area contributed by atoms with Crippen LogP contribution in [0.1, 0.15) is 6.42 Å². The van der Waals surface area contributed by atoms with Gasteiger partial charge in [-0.05, 0) is 0 Å². The minimum atomic E-state index is -5.87. The second-order valence-corrected chi connectivity index (χ2v) is 20.2. The summed E-state index contributed by atoms with van der Waals surface area (Å²) < 4.78 is 93.6. The Labute approximate surface area is 282 Å². The van der Waals surface area contributed by atoms with Gasteiger partial charge in [-0.2, -0.15) is 0 Å². The SMILES string of the molecule is COc1ccccc1P(CC[CH](P(c1ccccc1OC)c1ccccc1OC)[Pd]([CH3])[O]S(=O)(=O)C(F)(F)F)c1ccccc1OC. The molecule has 0 radical (unpaired) electrons. The first-order valence-electron chi connectivity index (χ1n) is 14.0. The minimum absolute atomic E-state index is 0.314. The normalized spacial score (nSPS) is 12.9. The molecule has 0 aliphatic carbocycles. The van der Waals surface area contributed by atoms with Gasteiger partial charge in [0.05, 0.1) is 0 Å². The molecule has 0 aliphatic rings. The molecule has 0 bridgehead atoms. The molecule has 0 spiro atoms. The van der Waals surface area contributed by atoms with Crippen LogP contribution in [0.15, 0.2) is 97.1 Å². The van der Waals surface area contributed by atoms with Crippen LogP contribution in [0.2, 0.25) is 5.40 Å². The number of halogens is 3. The third-order valence-corrected chi connectivity index (χ3v) is 19.8. The summed E-state index contributed by atoms with van der Waals surface area (Å²) in [5.41, 5.74) is -5.56. The molecule has 7 nitrogen and oxygen atoms in total. The van der Waals surface area contributed by atoms with Gasteiger partial charge in [0.25, 0.3) is 0 Å². The third-order valence-electron chi connectivity index (χ3n) is 7.01. The van der Waals surface area contributed by atoms with Crippen molar-refractivity contribution >= 4 is 47.2 Å². The van der Waals surface area contributed by atoms with Gasteiger partial charge >= 0.3 is 284 Å². The van der Waals surface area contributed by atoms with Crippen LogP contribution in [-0.4, -0.2) is 52.7 Å². The molecule has 0 saturated heterocycles. The molecular formula is C33H36F3O7P2PdS. The van der Waals surface area contributed by atoms with Crippen LogP contribution in [0.3, 0.4) is 0 Å². The van der Waals surface area contributed by atoms with Crippen LogP contribution in [0.4, 0.5) is 13.2 Å². The van der Waals surface area contributed by atoms with Gasteiger partial charge in [0, 0.05) is 0 Å². The maximum atomic E-state index is 13.7. The van der Waals surface area contributed by atoms with Crippen molar-refractivity contribution in [1.82, 2.24) is 0 Å². The summed E-state index contributed by atoms with van der Waals surface area (Å²) >= 11 is -2.94. The standard InChI is InChI=1S/C31H33O4P2.CHF3O3S.CH3.Pd/c1-32-24-14-5-9-18-28(24)36(29-19-10-6-15-25(29)33-2)22-13-23-37(30-20-11-7-16-26(30)34-3)31-21-12-8-17-27(31)35-4;2-1(3,4)8(5,6)7;;/h5-12,14-22H,13,23H2,1-4H3;(H,5,6,7);1H3;/q;;;+1/p-1. The Bertz CT molecular complexity index is 1650. The number of para-hydroxylation sites is 4. The molecule has 0 N–H and O–H groups in total. The molecule has 1 atom stereocenters. The van der Waals surface area contributed by atoms with E-state index in [2.05, 4.69) is 0 Å². The summed E-state index contributed by atoms with van der Waals surface area (Å²) in [6, 6.07) is 29.8. The monoisotopic (exact) mass is 801 g/mol. The molecular weight excluding hydrogens is 766 g/mol. The molecule has 4 aromatic rings. The molecule has 0 aliphatic heterocycles. The van der Waals surface area contributed by atoms with Crippen LogP contribution in [0.25, 0.3) is 0 Å². The van der Waals surface area contributed by atoms with E-state index in [4.69, 9.17) is 21.9 Å². The van der Waals surface area contributed by atoms with E-state index in [1.165, 1.54) is 19.6 Å². The molecule has 0 aromatic heterocycles. The summed E-state index contributed by atoms with van der Waals surface area (Å²) in [7, 11) is -2.46. The molecule has 47 heavy (non-hydrogen) atoms. The van der Waals surface area contributed by atoms with E-state index in [0.29, 0.717) is 35.6 Å². The van der Waals surface area contributed by atoms with Crippen molar-refractivity contribution in [2.75, 3.05) is 34.6 Å². The van der Waals surface area contributed by atoms with Crippen molar-refractivity contribution in [2.45, 2.75) is 21.5 Å². The Balaban J connectivity index is 1.93. The van der Waals surface area contributed by atoms with Gasteiger partial charge in [-0.25, -0.2) is 0 Å². The van der Waals surface area contributed by atoms with Gasteiger partial charge in [0.2, 0.25) is 0 Å². The number of ether oxygens (including phenoxy) is 4. The van der Waals surface area contributed by atoms with E-state index < -0.39 is 52.7 Å². The molecule has 14 heteroatoms. The van der Waals surface area contributed by atoms with Gasteiger partial charge in [-0.15, -0.1) is 0 Å². The summed E-state index contributed by atoms with van der Waals surface area (Å²) in [6.07, 6.45) is 0.777. The van der Waals surface area contributed by atoms with E-state index in [-0.39, 0.29) is 0 Å². The first kappa shape index (κ1) is 37.1. The van der Waals surface area contributed by atoms with Crippen LogP contribution >= 0.6 is 15.8 Å². The van der Waals surface area contributed by atoms with Crippen LogP contribution in [-0.2, 0) is 30.2 Å². The summed E-state index contributed by atoms with van der Waals surface area (Å²) in [6.45, 7) is 0.